The van der Waals surface area contributed by atoms with E-state index in [0.29, 0.717) is 23.4 Å². The molecule has 4 aromatic rings. The fourth-order valence-corrected chi connectivity index (χ4v) is 5.23. The molecule has 1 amide bonds. The lowest BCUT2D eigenvalue weighted by Gasteiger charge is -2.33. The van der Waals surface area contributed by atoms with Gasteiger partial charge in [0.1, 0.15) is 16.1 Å². The second kappa shape index (κ2) is 8.68. The number of nitrogens with one attached hydrogen (secondary N) is 1. The minimum absolute atomic E-state index is 0.0581. The van der Waals surface area contributed by atoms with Crippen LogP contribution in [0.1, 0.15) is 37.1 Å². The van der Waals surface area contributed by atoms with Gasteiger partial charge < -0.3 is 10.1 Å². The summed E-state index contributed by atoms with van der Waals surface area (Å²) in [6, 6.07) is 12.0. The summed E-state index contributed by atoms with van der Waals surface area (Å²) in [7, 11) is 0. The molecule has 0 radical (unpaired) electrons. The molecular formula is C25H26N4O3S. The number of benzene rings is 1. The van der Waals surface area contributed by atoms with Crippen molar-refractivity contribution in [2.45, 2.75) is 51.9 Å². The van der Waals surface area contributed by atoms with Crippen LogP contribution in [-0.2, 0) is 35.5 Å². The summed E-state index contributed by atoms with van der Waals surface area (Å²) >= 11 is 1.35. The van der Waals surface area contributed by atoms with E-state index in [4.69, 9.17) is 9.72 Å². The maximum absolute atomic E-state index is 13.1. The van der Waals surface area contributed by atoms with Crippen LogP contribution in [0, 0.1) is 0 Å². The number of nitrogens with zero attached hydrogens (tertiary/aromatic N) is 3. The average Bonchev–Trinajstić information content (AvgIpc) is 3.18. The summed E-state index contributed by atoms with van der Waals surface area (Å²) in [6.07, 6.45) is 3.87. The summed E-state index contributed by atoms with van der Waals surface area (Å²) in [5.74, 6) is -0.208. The van der Waals surface area contributed by atoms with E-state index >= 15 is 0 Å². The normalized spacial score (nSPS) is 17.9. The zero-order chi connectivity index (χ0) is 23.0. The molecule has 5 rings (SSSR count). The summed E-state index contributed by atoms with van der Waals surface area (Å²) < 4.78 is 7.95. The Morgan fingerprint density at radius 2 is 2.12 bits per heavy atom. The predicted molar refractivity (Wildman–Crippen MR) is 130 cm³/mol. The lowest BCUT2D eigenvalue weighted by atomic mass is 9.91. The number of pyridine rings is 1. The summed E-state index contributed by atoms with van der Waals surface area (Å²) in [5, 5.41) is 3.75. The minimum Gasteiger partial charge on any atom is -0.370 e. The molecule has 1 aliphatic heterocycles. The number of ether oxygens (including phenoxy) is 1. The summed E-state index contributed by atoms with van der Waals surface area (Å²) in [5.41, 5.74) is 3.46. The highest BCUT2D eigenvalue weighted by atomic mass is 32.1. The molecule has 1 aliphatic rings. The number of hydrogen-bond acceptors (Lipinski definition) is 6. The van der Waals surface area contributed by atoms with Gasteiger partial charge in [0.15, 0.2) is 0 Å². The fraction of sp³-hybridized carbons (Fsp3) is 0.360. The highest BCUT2D eigenvalue weighted by Crippen LogP contribution is 2.35. The molecule has 1 N–H and O–H groups in total. The Kier molecular flexibility index (Phi) is 5.72. The van der Waals surface area contributed by atoms with Crippen LogP contribution >= 0.6 is 11.3 Å². The van der Waals surface area contributed by atoms with Gasteiger partial charge in [-0.25, -0.2) is 9.97 Å². The molecule has 1 aromatic carbocycles. The molecule has 0 saturated carbocycles. The number of fused-ring (bicyclic) bond motifs is 4. The smallest absolute Gasteiger partial charge is 0.271 e. The van der Waals surface area contributed by atoms with Gasteiger partial charge in [-0.15, -0.1) is 11.3 Å². The number of rotatable bonds is 6. The van der Waals surface area contributed by atoms with Crippen molar-refractivity contribution in [3.63, 3.8) is 0 Å². The highest BCUT2D eigenvalue weighted by molar-refractivity contribution is 7.25. The van der Waals surface area contributed by atoms with Gasteiger partial charge in [-0.05, 0) is 31.4 Å². The molecule has 170 valence electrons. The van der Waals surface area contributed by atoms with E-state index in [1.165, 1.54) is 22.2 Å². The lowest BCUT2D eigenvalue weighted by Crippen LogP contribution is -2.35. The van der Waals surface area contributed by atoms with Crippen LogP contribution in [0.4, 0.5) is 0 Å². The Balaban J connectivity index is 1.37. The van der Waals surface area contributed by atoms with Crippen molar-refractivity contribution in [3.8, 4) is 0 Å². The maximum Gasteiger partial charge on any atom is 0.271 e. The topological polar surface area (TPSA) is 86.1 Å². The third kappa shape index (κ3) is 4.28. The SMILES string of the molecule is CCC1(C)Cc2nc3sc4c(=O)n(CC(=O)NCCc5ccccc5)cnc4c3cc2CO1. The minimum atomic E-state index is -0.214. The third-order valence-electron chi connectivity index (χ3n) is 6.36. The Hall–Kier alpha value is -3.10. The lowest BCUT2D eigenvalue weighted by molar-refractivity contribution is -0.121. The average molecular weight is 463 g/mol. The monoisotopic (exact) mass is 462 g/mol. The number of aromatic nitrogens is 3. The second-order valence-corrected chi connectivity index (χ2v) is 9.76. The van der Waals surface area contributed by atoms with Gasteiger partial charge in [0, 0.05) is 23.9 Å². The Morgan fingerprint density at radius 3 is 2.91 bits per heavy atom. The Labute approximate surface area is 195 Å². The molecule has 0 fully saturated rings. The number of hydrogen-bond donors (Lipinski definition) is 1. The number of thiophene rings is 1. The van der Waals surface area contributed by atoms with Gasteiger partial charge in [0.05, 0.1) is 29.7 Å². The second-order valence-electron chi connectivity index (χ2n) is 8.76. The molecule has 8 heteroatoms. The van der Waals surface area contributed by atoms with Gasteiger partial charge in [0.2, 0.25) is 5.91 Å². The molecule has 4 heterocycles. The molecule has 1 unspecified atom stereocenters. The summed E-state index contributed by atoms with van der Waals surface area (Å²) in [4.78, 5) is 35.7. The van der Waals surface area contributed by atoms with Gasteiger partial charge >= 0.3 is 0 Å². The van der Waals surface area contributed by atoms with E-state index in [2.05, 4.69) is 30.2 Å². The van der Waals surface area contributed by atoms with Crippen molar-refractivity contribution >= 4 is 37.7 Å². The van der Waals surface area contributed by atoms with Crippen molar-refractivity contribution in [1.82, 2.24) is 19.9 Å². The first kappa shape index (κ1) is 21.7. The van der Waals surface area contributed by atoms with Crippen LogP contribution in [-0.4, -0.2) is 32.6 Å². The van der Waals surface area contributed by atoms with E-state index in [-0.39, 0.29) is 23.6 Å². The highest BCUT2D eigenvalue weighted by Gasteiger charge is 2.31. The molecule has 7 nitrogen and oxygen atoms in total. The quantitative estimate of drug-likeness (QED) is 0.473. The van der Waals surface area contributed by atoms with Crippen LogP contribution in [0.5, 0.6) is 0 Å². The van der Waals surface area contributed by atoms with Crippen molar-refractivity contribution in [2.75, 3.05) is 6.54 Å². The molecule has 1 atom stereocenters. The first-order valence-corrected chi connectivity index (χ1v) is 12.0. The van der Waals surface area contributed by atoms with Gasteiger partial charge in [0.25, 0.3) is 5.56 Å². The van der Waals surface area contributed by atoms with Crippen LogP contribution in [0.15, 0.2) is 47.5 Å². The van der Waals surface area contributed by atoms with E-state index < -0.39 is 0 Å². The van der Waals surface area contributed by atoms with Crippen molar-refractivity contribution in [1.29, 1.82) is 0 Å². The van der Waals surface area contributed by atoms with Gasteiger partial charge in [-0.1, -0.05) is 37.3 Å². The zero-order valence-corrected chi connectivity index (χ0v) is 19.6. The van der Waals surface area contributed by atoms with E-state index in [1.54, 1.807) is 0 Å². The van der Waals surface area contributed by atoms with Crippen LogP contribution in [0.2, 0.25) is 0 Å². The molecule has 0 aliphatic carbocycles. The Morgan fingerprint density at radius 1 is 1.30 bits per heavy atom. The first-order chi connectivity index (χ1) is 16.0. The largest absolute Gasteiger partial charge is 0.370 e. The molecule has 33 heavy (non-hydrogen) atoms. The summed E-state index contributed by atoms with van der Waals surface area (Å²) in [6.45, 7) is 5.20. The predicted octanol–water partition coefficient (Wildman–Crippen LogP) is 3.61. The maximum atomic E-state index is 13.1. The Bertz CT molecular complexity index is 1400. The fourth-order valence-electron chi connectivity index (χ4n) is 4.15. The van der Waals surface area contributed by atoms with Gasteiger partial charge in [-0.2, -0.15) is 0 Å². The van der Waals surface area contributed by atoms with Crippen molar-refractivity contribution < 1.29 is 9.53 Å². The third-order valence-corrected chi connectivity index (χ3v) is 7.44. The van der Waals surface area contributed by atoms with E-state index in [9.17, 15) is 9.59 Å². The van der Waals surface area contributed by atoms with E-state index in [0.717, 1.165) is 46.3 Å². The molecule has 0 saturated heterocycles. The van der Waals surface area contributed by atoms with Crippen LogP contribution in [0.3, 0.4) is 0 Å². The number of amides is 1. The standard InChI is InChI=1S/C25H26N4O3S/c1-3-25(2)12-19-17(14-32-25)11-18-21-22(33-23(18)28-19)24(31)29(15-27-21)13-20(30)26-10-9-16-7-5-4-6-8-16/h4-8,11,15H,3,9-10,12-14H2,1-2H3,(H,26,30). The number of carbonyl (C=O) groups excluding carboxylic acids is 1. The van der Waals surface area contributed by atoms with Crippen molar-refractivity contribution in [2.24, 2.45) is 0 Å². The molecular weight excluding hydrogens is 436 g/mol. The van der Waals surface area contributed by atoms with E-state index in [1.807, 2.05) is 30.3 Å². The van der Waals surface area contributed by atoms with Crippen molar-refractivity contribution in [3.05, 3.63) is 69.9 Å². The number of carbonyl (C=O) groups is 1. The van der Waals surface area contributed by atoms with Crippen LogP contribution in [0.25, 0.3) is 20.4 Å². The molecule has 3 aromatic heterocycles. The zero-order valence-electron chi connectivity index (χ0n) is 18.8. The molecule has 0 bridgehead atoms. The first-order valence-electron chi connectivity index (χ1n) is 11.2. The molecule has 0 spiro atoms. The van der Waals surface area contributed by atoms with Crippen LogP contribution < -0.4 is 10.9 Å². The van der Waals surface area contributed by atoms with Gasteiger partial charge in [-0.3, -0.25) is 14.2 Å².